The molecule has 0 radical (unpaired) electrons. The summed E-state index contributed by atoms with van der Waals surface area (Å²) in [6.45, 7) is 0. The molecule has 3 aromatic rings. The summed E-state index contributed by atoms with van der Waals surface area (Å²) in [6.07, 6.45) is -1.73. The molecule has 3 aromatic carbocycles. The van der Waals surface area contributed by atoms with Crippen molar-refractivity contribution in [2.24, 2.45) is 0 Å². The van der Waals surface area contributed by atoms with Gasteiger partial charge in [0.25, 0.3) is 0 Å². The average molecular weight is 356 g/mol. The van der Waals surface area contributed by atoms with Crippen LogP contribution in [0.5, 0.6) is 17.2 Å². The molecule has 26 heavy (non-hydrogen) atoms. The Labute approximate surface area is 149 Å². The van der Waals surface area contributed by atoms with Crippen LogP contribution in [-0.2, 0) is 9.47 Å². The SMILES string of the molecule is COC(=O)Oc1c2ccccc2c(OC(=O)OC)c2c(OC)cccc12. The van der Waals surface area contributed by atoms with Crippen molar-refractivity contribution in [1.29, 1.82) is 0 Å². The zero-order chi connectivity index (χ0) is 18.7. The Hall–Kier alpha value is -3.48. The summed E-state index contributed by atoms with van der Waals surface area (Å²) < 4.78 is 25.5. The molecule has 0 bridgehead atoms. The van der Waals surface area contributed by atoms with E-state index in [0.717, 1.165) is 0 Å². The quantitative estimate of drug-likeness (QED) is 0.393. The van der Waals surface area contributed by atoms with Gasteiger partial charge < -0.3 is 23.7 Å². The van der Waals surface area contributed by atoms with Crippen LogP contribution in [0, 0.1) is 0 Å². The van der Waals surface area contributed by atoms with Crippen LogP contribution in [0.25, 0.3) is 21.5 Å². The molecule has 0 N–H and O–H groups in total. The number of rotatable bonds is 3. The Morgan fingerprint density at radius 3 is 1.81 bits per heavy atom. The lowest BCUT2D eigenvalue weighted by atomic mass is 10.00. The van der Waals surface area contributed by atoms with Crippen LogP contribution >= 0.6 is 0 Å². The minimum Gasteiger partial charge on any atom is -0.496 e. The van der Waals surface area contributed by atoms with E-state index in [1.807, 2.05) is 0 Å². The largest absolute Gasteiger partial charge is 0.513 e. The van der Waals surface area contributed by atoms with Crippen molar-refractivity contribution < 1.29 is 33.3 Å². The highest BCUT2D eigenvalue weighted by molar-refractivity contribution is 6.14. The molecular formula is C19H16O7. The molecule has 7 heteroatoms. The van der Waals surface area contributed by atoms with Gasteiger partial charge in [0, 0.05) is 16.2 Å². The predicted octanol–water partition coefficient (Wildman–Crippen LogP) is 4.29. The first-order chi connectivity index (χ1) is 12.6. The molecule has 0 aliphatic rings. The third kappa shape index (κ3) is 2.95. The number of hydrogen-bond donors (Lipinski definition) is 0. The van der Waals surface area contributed by atoms with Crippen LogP contribution in [0.2, 0.25) is 0 Å². The number of benzene rings is 3. The lowest BCUT2D eigenvalue weighted by molar-refractivity contribution is 0.120. The number of carbonyl (C=O) groups is 2. The summed E-state index contributed by atoms with van der Waals surface area (Å²) >= 11 is 0. The number of carbonyl (C=O) groups excluding carboxylic acids is 2. The monoisotopic (exact) mass is 356 g/mol. The third-order valence-corrected chi connectivity index (χ3v) is 3.84. The number of ether oxygens (including phenoxy) is 5. The van der Waals surface area contributed by atoms with Gasteiger partial charge in [-0.2, -0.15) is 0 Å². The first-order valence-corrected chi connectivity index (χ1v) is 7.63. The molecule has 0 amide bonds. The van der Waals surface area contributed by atoms with E-state index in [9.17, 15) is 9.59 Å². The highest BCUT2D eigenvalue weighted by Crippen LogP contribution is 2.46. The normalized spacial score (nSPS) is 10.4. The molecule has 0 heterocycles. The van der Waals surface area contributed by atoms with E-state index in [0.29, 0.717) is 27.3 Å². The molecule has 7 nitrogen and oxygen atoms in total. The van der Waals surface area contributed by atoms with E-state index >= 15 is 0 Å². The average Bonchev–Trinajstić information content (AvgIpc) is 2.69. The lowest BCUT2D eigenvalue weighted by Gasteiger charge is -2.17. The smallest absolute Gasteiger partial charge is 0.496 e. The minimum absolute atomic E-state index is 0.247. The second kappa shape index (κ2) is 7.18. The van der Waals surface area contributed by atoms with E-state index in [-0.39, 0.29) is 11.5 Å². The van der Waals surface area contributed by atoms with Crippen molar-refractivity contribution in [3.63, 3.8) is 0 Å². The van der Waals surface area contributed by atoms with E-state index in [1.54, 1.807) is 42.5 Å². The molecule has 0 saturated carbocycles. The molecule has 0 atom stereocenters. The molecule has 3 rings (SSSR count). The van der Waals surface area contributed by atoms with Crippen LogP contribution in [0.4, 0.5) is 9.59 Å². The molecule has 0 spiro atoms. The summed E-state index contributed by atoms with van der Waals surface area (Å²) in [7, 11) is 3.94. The molecule has 0 aliphatic carbocycles. The van der Waals surface area contributed by atoms with Gasteiger partial charge in [-0.1, -0.05) is 36.4 Å². The van der Waals surface area contributed by atoms with Crippen molar-refractivity contribution in [3.8, 4) is 17.2 Å². The number of methoxy groups -OCH3 is 3. The first kappa shape index (κ1) is 17.3. The fraction of sp³-hybridized carbons (Fsp3) is 0.158. The van der Waals surface area contributed by atoms with Gasteiger partial charge in [0.2, 0.25) is 0 Å². The Morgan fingerprint density at radius 1 is 0.692 bits per heavy atom. The topological polar surface area (TPSA) is 80.3 Å². The fourth-order valence-electron chi connectivity index (χ4n) is 2.75. The van der Waals surface area contributed by atoms with Gasteiger partial charge in [-0.25, -0.2) is 9.59 Å². The van der Waals surface area contributed by atoms with Crippen molar-refractivity contribution in [2.75, 3.05) is 21.3 Å². The first-order valence-electron chi connectivity index (χ1n) is 7.63. The van der Waals surface area contributed by atoms with Crippen LogP contribution in [0.1, 0.15) is 0 Å². The second-order valence-electron chi connectivity index (χ2n) is 5.20. The Balaban J connectivity index is 2.45. The van der Waals surface area contributed by atoms with Crippen LogP contribution in [0.3, 0.4) is 0 Å². The Bertz CT molecular complexity index is 994. The third-order valence-electron chi connectivity index (χ3n) is 3.84. The van der Waals surface area contributed by atoms with Gasteiger partial charge in [-0.05, 0) is 6.07 Å². The lowest BCUT2D eigenvalue weighted by Crippen LogP contribution is -2.10. The van der Waals surface area contributed by atoms with E-state index in [2.05, 4.69) is 9.47 Å². The molecular weight excluding hydrogens is 340 g/mol. The van der Waals surface area contributed by atoms with Crippen molar-refractivity contribution in [2.45, 2.75) is 0 Å². The van der Waals surface area contributed by atoms with Crippen LogP contribution in [-0.4, -0.2) is 33.6 Å². The van der Waals surface area contributed by atoms with E-state index in [4.69, 9.17) is 14.2 Å². The zero-order valence-corrected chi connectivity index (χ0v) is 14.4. The van der Waals surface area contributed by atoms with E-state index in [1.165, 1.54) is 21.3 Å². The molecule has 134 valence electrons. The van der Waals surface area contributed by atoms with Crippen LogP contribution in [0.15, 0.2) is 42.5 Å². The maximum absolute atomic E-state index is 11.8. The van der Waals surface area contributed by atoms with Crippen LogP contribution < -0.4 is 14.2 Å². The summed E-state index contributed by atoms with van der Waals surface area (Å²) in [5.74, 6) is 0.970. The summed E-state index contributed by atoms with van der Waals surface area (Å²) in [5, 5.41) is 2.11. The second-order valence-corrected chi connectivity index (χ2v) is 5.20. The molecule has 0 aliphatic heterocycles. The summed E-state index contributed by atoms with van der Waals surface area (Å²) in [5.41, 5.74) is 0. The fourth-order valence-corrected chi connectivity index (χ4v) is 2.75. The maximum atomic E-state index is 11.8. The molecule has 0 saturated heterocycles. The zero-order valence-electron chi connectivity index (χ0n) is 14.4. The summed E-state index contributed by atoms with van der Waals surface area (Å²) in [6, 6.07) is 12.2. The van der Waals surface area contributed by atoms with Crippen molar-refractivity contribution >= 4 is 33.9 Å². The molecule has 0 aromatic heterocycles. The van der Waals surface area contributed by atoms with Gasteiger partial charge >= 0.3 is 12.3 Å². The number of hydrogen-bond acceptors (Lipinski definition) is 7. The highest BCUT2D eigenvalue weighted by Gasteiger charge is 2.22. The van der Waals surface area contributed by atoms with Gasteiger partial charge in [0.1, 0.15) is 5.75 Å². The summed E-state index contributed by atoms with van der Waals surface area (Å²) in [4.78, 5) is 23.5. The standard InChI is InChI=1S/C19H16O7/c1-22-14-10-6-9-13-15(14)17(26-19(21)24-3)12-8-5-4-7-11(12)16(13)25-18(20)23-2/h4-10H,1-3H3. The van der Waals surface area contributed by atoms with Gasteiger partial charge in [-0.15, -0.1) is 0 Å². The van der Waals surface area contributed by atoms with Crippen molar-refractivity contribution in [3.05, 3.63) is 42.5 Å². The predicted molar refractivity (Wildman–Crippen MR) is 94.1 cm³/mol. The van der Waals surface area contributed by atoms with Crippen molar-refractivity contribution in [1.82, 2.24) is 0 Å². The Kier molecular flexibility index (Phi) is 4.79. The van der Waals surface area contributed by atoms with Gasteiger partial charge in [-0.3, -0.25) is 0 Å². The minimum atomic E-state index is -0.871. The van der Waals surface area contributed by atoms with E-state index < -0.39 is 12.3 Å². The van der Waals surface area contributed by atoms with Gasteiger partial charge in [0.15, 0.2) is 11.5 Å². The molecule has 0 fully saturated rings. The highest BCUT2D eigenvalue weighted by atomic mass is 16.7. The molecule has 0 unspecified atom stereocenters. The maximum Gasteiger partial charge on any atom is 0.513 e. The van der Waals surface area contributed by atoms with Gasteiger partial charge in [0.05, 0.1) is 26.7 Å². The number of fused-ring (bicyclic) bond motifs is 2. The Morgan fingerprint density at radius 2 is 1.23 bits per heavy atom.